The molecule has 0 saturated carbocycles. The summed E-state index contributed by atoms with van der Waals surface area (Å²) in [6.07, 6.45) is -0.973. The van der Waals surface area contributed by atoms with Crippen LogP contribution in [0.25, 0.3) is 10.9 Å². The molecule has 0 radical (unpaired) electrons. The van der Waals surface area contributed by atoms with Gasteiger partial charge in [0.15, 0.2) is 0 Å². The van der Waals surface area contributed by atoms with Gasteiger partial charge in [-0.15, -0.1) is 0 Å². The SMILES string of the molecule is O=C(O)C(F)(F)Cc1cc2ccccc2nc1Cl. The first-order valence-electron chi connectivity index (χ1n) is 5.05. The van der Waals surface area contributed by atoms with Gasteiger partial charge in [-0.3, -0.25) is 0 Å². The van der Waals surface area contributed by atoms with Gasteiger partial charge in [0, 0.05) is 5.39 Å². The number of alkyl halides is 2. The van der Waals surface area contributed by atoms with Crippen molar-refractivity contribution in [2.75, 3.05) is 0 Å². The van der Waals surface area contributed by atoms with Crippen molar-refractivity contribution >= 4 is 28.5 Å². The van der Waals surface area contributed by atoms with Gasteiger partial charge in [0.2, 0.25) is 0 Å². The highest BCUT2D eigenvalue weighted by atomic mass is 35.5. The molecule has 2 rings (SSSR count). The highest BCUT2D eigenvalue weighted by Crippen LogP contribution is 2.27. The first kappa shape index (κ1) is 12.7. The number of pyridine rings is 1. The quantitative estimate of drug-likeness (QED) is 0.873. The van der Waals surface area contributed by atoms with Crippen molar-refractivity contribution in [3.8, 4) is 0 Å². The van der Waals surface area contributed by atoms with Crippen LogP contribution in [0, 0.1) is 0 Å². The largest absolute Gasteiger partial charge is 0.477 e. The molecule has 1 N–H and O–H groups in total. The minimum atomic E-state index is -3.85. The number of hydrogen-bond acceptors (Lipinski definition) is 2. The summed E-state index contributed by atoms with van der Waals surface area (Å²) in [6.45, 7) is 0. The third-order valence-corrected chi connectivity index (χ3v) is 2.80. The zero-order chi connectivity index (χ0) is 13.3. The highest BCUT2D eigenvalue weighted by molar-refractivity contribution is 6.30. The molecule has 0 unspecified atom stereocenters. The Hall–Kier alpha value is -1.75. The highest BCUT2D eigenvalue weighted by Gasteiger charge is 2.39. The molecule has 1 heterocycles. The van der Waals surface area contributed by atoms with Crippen LogP contribution >= 0.6 is 11.6 Å². The van der Waals surface area contributed by atoms with E-state index in [-0.39, 0.29) is 10.7 Å². The van der Waals surface area contributed by atoms with E-state index in [1.807, 2.05) is 0 Å². The van der Waals surface area contributed by atoms with E-state index >= 15 is 0 Å². The second-order valence-corrected chi connectivity index (χ2v) is 4.18. The summed E-state index contributed by atoms with van der Waals surface area (Å²) in [4.78, 5) is 14.3. The molecule has 0 spiro atoms. The van der Waals surface area contributed by atoms with Crippen LogP contribution < -0.4 is 0 Å². The lowest BCUT2D eigenvalue weighted by Crippen LogP contribution is -2.30. The minimum Gasteiger partial charge on any atom is -0.477 e. The smallest absolute Gasteiger partial charge is 0.374 e. The number of rotatable bonds is 3. The van der Waals surface area contributed by atoms with E-state index in [0.717, 1.165) is 0 Å². The minimum absolute atomic E-state index is 0.0165. The molecule has 0 amide bonds. The second-order valence-electron chi connectivity index (χ2n) is 3.82. The Labute approximate surface area is 106 Å². The summed E-state index contributed by atoms with van der Waals surface area (Å²) >= 11 is 5.78. The van der Waals surface area contributed by atoms with Crippen LogP contribution in [0.4, 0.5) is 8.78 Å². The third-order valence-electron chi connectivity index (χ3n) is 2.48. The van der Waals surface area contributed by atoms with Crippen molar-refractivity contribution < 1.29 is 18.7 Å². The monoisotopic (exact) mass is 271 g/mol. The Kier molecular flexibility index (Phi) is 3.17. The summed E-state index contributed by atoms with van der Waals surface area (Å²) in [7, 11) is 0. The fourth-order valence-electron chi connectivity index (χ4n) is 1.57. The van der Waals surface area contributed by atoms with Gasteiger partial charge in [0.1, 0.15) is 5.15 Å². The lowest BCUT2D eigenvalue weighted by atomic mass is 10.1. The van der Waals surface area contributed by atoms with Gasteiger partial charge >= 0.3 is 11.9 Å². The van der Waals surface area contributed by atoms with E-state index in [1.165, 1.54) is 6.07 Å². The zero-order valence-electron chi connectivity index (χ0n) is 9.03. The van der Waals surface area contributed by atoms with Crippen molar-refractivity contribution in [1.29, 1.82) is 0 Å². The fourth-order valence-corrected chi connectivity index (χ4v) is 1.79. The first-order valence-corrected chi connectivity index (χ1v) is 5.43. The van der Waals surface area contributed by atoms with E-state index in [1.54, 1.807) is 24.3 Å². The normalized spacial score (nSPS) is 11.7. The second kappa shape index (κ2) is 4.49. The number of nitrogens with zero attached hydrogens (tertiary/aromatic N) is 1. The molecule has 0 aliphatic rings. The molecule has 0 saturated heterocycles. The predicted molar refractivity (Wildman–Crippen MR) is 63.0 cm³/mol. The molecule has 2 aromatic rings. The van der Waals surface area contributed by atoms with E-state index < -0.39 is 18.3 Å². The lowest BCUT2D eigenvalue weighted by molar-refractivity contribution is -0.164. The average molecular weight is 272 g/mol. The van der Waals surface area contributed by atoms with Crippen molar-refractivity contribution in [1.82, 2.24) is 4.98 Å². The maximum Gasteiger partial charge on any atom is 0.374 e. The molecule has 94 valence electrons. The third kappa shape index (κ3) is 2.41. The standard InChI is InChI=1S/C12H8ClF2NO2/c13-10-8(6-12(14,15)11(17)18)5-7-3-1-2-4-9(7)16-10/h1-5H,6H2,(H,17,18). The van der Waals surface area contributed by atoms with Crippen LogP contribution in [0.3, 0.4) is 0 Å². The van der Waals surface area contributed by atoms with Crippen LogP contribution in [0.2, 0.25) is 5.15 Å². The van der Waals surface area contributed by atoms with Crippen molar-refractivity contribution in [3.63, 3.8) is 0 Å². The van der Waals surface area contributed by atoms with Crippen molar-refractivity contribution in [2.45, 2.75) is 12.3 Å². The molecule has 0 fully saturated rings. The van der Waals surface area contributed by atoms with E-state index in [9.17, 15) is 13.6 Å². The first-order chi connectivity index (χ1) is 8.40. The topological polar surface area (TPSA) is 50.2 Å². The predicted octanol–water partition coefficient (Wildman–Crippen LogP) is 3.15. The molecule has 1 aromatic heterocycles. The summed E-state index contributed by atoms with van der Waals surface area (Å²) in [6, 6.07) is 8.30. The molecule has 0 aliphatic carbocycles. The van der Waals surface area contributed by atoms with Crippen LogP contribution in [-0.2, 0) is 11.2 Å². The van der Waals surface area contributed by atoms with Crippen LogP contribution in [-0.4, -0.2) is 22.0 Å². The Morgan fingerprint density at radius 3 is 2.72 bits per heavy atom. The van der Waals surface area contributed by atoms with Gasteiger partial charge in [-0.25, -0.2) is 9.78 Å². The number of halogens is 3. The van der Waals surface area contributed by atoms with Crippen molar-refractivity contribution in [2.24, 2.45) is 0 Å². The molecular formula is C12H8ClF2NO2. The van der Waals surface area contributed by atoms with E-state index in [4.69, 9.17) is 16.7 Å². The molecule has 18 heavy (non-hydrogen) atoms. The Bertz CT molecular complexity index is 616. The van der Waals surface area contributed by atoms with Gasteiger partial charge in [-0.1, -0.05) is 29.8 Å². The molecule has 6 heteroatoms. The maximum atomic E-state index is 13.1. The number of hydrogen-bond donors (Lipinski definition) is 1. The summed E-state index contributed by atoms with van der Waals surface area (Å²) in [5.41, 5.74) is 0.590. The van der Waals surface area contributed by atoms with Gasteiger partial charge in [0.05, 0.1) is 11.9 Å². The Morgan fingerprint density at radius 2 is 2.06 bits per heavy atom. The summed E-state index contributed by atoms with van der Waals surface area (Å²) < 4.78 is 26.3. The fraction of sp³-hybridized carbons (Fsp3) is 0.167. The number of carboxylic acids is 1. The molecule has 0 atom stereocenters. The van der Waals surface area contributed by atoms with Crippen molar-refractivity contribution in [3.05, 3.63) is 41.0 Å². The average Bonchev–Trinajstić information content (AvgIpc) is 2.29. The number of carboxylic acid groups (broad SMARTS) is 1. The summed E-state index contributed by atoms with van der Waals surface area (Å²) in [5.74, 6) is -6.03. The van der Waals surface area contributed by atoms with Crippen LogP contribution in [0.15, 0.2) is 30.3 Å². The van der Waals surface area contributed by atoms with Gasteiger partial charge in [-0.05, 0) is 17.7 Å². The lowest BCUT2D eigenvalue weighted by Gasteiger charge is -2.12. The molecular weight excluding hydrogens is 264 g/mol. The number of carbonyl (C=O) groups is 1. The van der Waals surface area contributed by atoms with E-state index in [0.29, 0.717) is 10.9 Å². The number of fused-ring (bicyclic) bond motifs is 1. The van der Waals surface area contributed by atoms with E-state index in [2.05, 4.69) is 4.98 Å². The van der Waals surface area contributed by atoms with Gasteiger partial charge in [0.25, 0.3) is 0 Å². The van der Waals surface area contributed by atoms with Gasteiger partial charge < -0.3 is 5.11 Å². The number of para-hydroxylation sites is 1. The molecule has 0 aliphatic heterocycles. The number of aromatic nitrogens is 1. The summed E-state index contributed by atoms with van der Waals surface area (Å²) in [5, 5.41) is 8.93. The maximum absolute atomic E-state index is 13.1. The van der Waals surface area contributed by atoms with Crippen LogP contribution in [0.1, 0.15) is 5.56 Å². The van der Waals surface area contributed by atoms with Gasteiger partial charge in [-0.2, -0.15) is 8.78 Å². The molecule has 1 aromatic carbocycles. The van der Waals surface area contributed by atoms with Crippen LogP contribution in [0.5, 0.6) is 0 Å². The number of benzene rings is 1. The Balaban J connectivity index is 2.45. The number of aliphatic carboxylic acids is 1. The Morgan fingerprint density at radius 1 is 1.39 bits per heavy atom. The molecule has 3 nitrogen and oxygen atoms in total. The molecule has 0 bridgehead atoms. The zero-order valence-corrected chi connectivity index (χ0v) is 9.79.